The van der Waals surface area contributed by atoms with Gasteiger partial charge >= 0.3 is 0 Å². The lowest BCUT2D eigenvalue weighted by Crippen LogP contribution is -2.35. The van der Waals surface area contributed by atoms with E-state index in [0.717, 1.165) is 53.9 Å². The lowest BCUT2D eigenvalue weighted by Gasteiger charge is -2.34. The van der Waals surface area contributed by atoms with Gasteiger partial charge in [-0.25, -0.2) is 4.98 Å². The predicted molar refractivity (Wildman–Crippen MR) is 98.7 cm³/mol. The second-order valence-electron chi connectivity index (χ2n) is 6.87. The minimum Gasteiger partial charge on any atom is -0.369 e. The van der Waals surface area contributed by atoms with Gasteiger partial charge in [0.2, 0.25) is 0 Å². The number of aromatic nitrogens is 3. The van der Waals surface area contributed by atoms with Crippen LogP contribution in [-0.4, -0.2) is 28.0 Å². The summed E-state index contributed by atoms with van der Waals surface area (Å²) in [5, 5.41) is 10.7. The number of anilines is 1. The zero-order valence-electron chi connectivity index (χ0n) is 14.6. The summed E-state index contributed by atoms with van der Waals surface area (Å²) in [7, 11) is 0. The molecule has 5 heteroatoms. The molecule has 1 unspecified atom stereocenters. The van der Waals surface area contributed by atoms with Gasteiger partial charge < -0.3 is 9.88 Å². The second-order valence-corrected chi connectivity index (χ2v) is 6.87. The van der Waals surface area contributed by atoms with E-state index < -0.39 is 0 Å². The standard InChI is InChI=1S/C20H21N5/c1-13-8-14(2)18-17(9-13)19(16(10-21)11-24-18)25-7-3-4-15(12-25)20-22-5-6-23-20/h5-6,8-9,11,15H,3-4,7,12H2,1-2H3,(H,22,23). The molecule has 1 N–H and O–H groups in total. The summed E-state index contributed by atoms with van der Waals surface area (Å²) in [5.41, 5.74) is 5.01. The fourth-order valence-corrected chi connectivity index (χ4v) is 3.97. The summed E-state index contributed by atoms with van der Waals surface area (Å²) >= 11 is 0. The Kier molecular flexibility index (Phi) is 3.89. The van der Waals surface area contributed by atoms with E-state index in [1.54, 1.807) is 6.20 Å². The molecule has 0 saturated carbocycles. The first-order chi connectivity index (χ1) is 12.2. The number of nitrogens with one attached hydrogen (secondary N) is 1. The van der Waals surface area contributed by atoms with Crippen molar-refractivity contribution in [2.75, 3.05) is 18.0 Å². The van der Waals surface area contributed by atoms with Crippen LogP contribution in [0.4, 0.5) is 5.69 Å². The van der Waals surface area contributed by atoms with E-state index in [4.69, 9.17) is 0 Å². The minimum atomic E-state index is 0.365. The van der Waals surface area contributed by atoms with E-state index in [-0.39, 0.29) is 0 Å². The topological polar surface area (TPSA) is 68.6 Å². The van der Waals surface area contributed by atoms with E-state index in [2.05, 4.69) is 51.9 Å². The molecule has 1 aromatic carbocycles. The Morgan fingerprint density at radius 3 is 2.92 bits per heavy atom. The number of benzene rings is 1. The number of rotatable bonds is 2. The number of H-pyrrole nitrogens is 1. The van der Waals surface area contributed by atoms with Crippen LogP contribution in [-0.2, 0) is 0 Å². The summed E-state index contributed by atoms with van der Waals surface area (Å²) in [6.45, 7) is 6.00. The van der Waals surface area contributed by atoms with Crippen molar-refractivity contribution >= 4 is 16.6 Å². The highest BCUT2D eigenvalue weighted by atomic mass is 15.1. The number of nitrogens with zero attached hydrogens (tertiary/aromatic N) is 4. The summed E-state index contributed by atoms with van der Waals surface area (Å²) in [5.74, 6) is 1.40. The number of hydrogen-bond donors (Lipinski definition) is 1. The molecule has 1 fully saturated rings. The molecule has 0 amide bonds. The highest BCUT2D eigenvalue weighted by Gasteiger charge is 2.26. The maximum absolute atomic E-state index is 9.66. The molecule has 0 spiro atoms. The first-order valence-corrected chi connectivity index (χ1v) is 8.71. The number of piperidine rings is 1. The molecule has 1 saturated heterocycles. The summed E-state index contributed by atoms with van der Waals surface area (Å²) in [6.07, 6.45) is 7.61. The van der Waals surface area contributed by atoms with Gasteiger partial charge in [-0.2, -0.15) is 5.26 Å². The Morgan fingerprint density at radius 1 is 1.28 bits per heavy atom. The number of nitriles is 1. The number of fused-ring (bicyclic) bond motifs is 1. The van der Waals surface area contributed by atoms with E-state index >= 15 is 0 Å². The van der Waals surface area contributed by atoms with Crippen molar-refractivity contribution in [3.63, 3.8) is 0 Å². The van der Waals surface area contributed by atoms with Gasteiger partial charge in [-0.3, -0.25) is 4.98 Å². The summed E-state index contributed by atoms with van der Waals surface area (Å²) < 4.78 is 0. The van der Waals surface area contributed by atoms with Crippen molar-refractivity contribution in [1.82, 2.24) is 15.0 Å². The molecule has 0 bridgehead atoms. The Hall–Kier alpha value is -2.87. The van der Waals surface area contributed by atoms with Crippen molar-refractivity contribution in [2.24, 2.45) is 0 Å². The Balaban J connectivity index is 1.83. The molecule has 2 aromatic heterocycles. The Morgan fingerprint density at radius 2 is 2.16 bits per heavy atom. The molecule has 126 valence electrons. The third kappa shape index (κ3) is 2.74. The molecule has 4 rings (SSSR count). The number of aryl methyl sites for hydroxylation is 2. The third-order valence-corrected chi connectivity index (χ3v) is 5.04. The molecule has 25 heavy (non-hydrogen) atoms. The zero-order chi connectivity index (χ0) is 17.4. The molecule has 0 radical (unpaired) electrons. The van der Waals surface area contributed by atoms with E-state index in [1.165, 1.54) is 5.56 Å². The van der Waals surface area contributed by atoms with Crippen LogP contribution in [0.1, 0.15) is 41.3 Å². The average Bonchev–Trinajstić information content (AvgIpc) is 3.15. The normalized spacial score (nSPS) is 17.6. The largest absolute Gasteiger partial charge is 0.369 e. The summed E-state index contributed by atoms with van der Waals surface area (Å²) in [6, 6.07) is 6.65. The smallest absolute Gasteiger partial charge is 0.110 e. The first kappa shape index (κ1) is 15.6. The van der Waals surface area contributed by atoms with Crippen LogP contribution in [0, 0.1) is 25.2 Å². The second kappa shape index (κ2) is 6.21. The summed E-state index contributed by atoms with van der Waals surface area (Å²) in [4.78, 5) is 14.6. The van der Waals surface area contributed by atoms with Crippen molar-refractivity contribution in [2.45, 2.75) is 32.6 Å². The SMILES string of the molecule is Cc1cc(C)c2ncc(C#N)c(N3CCCC(c4ncc[nH]4)C3)c2c1. The number of pyridine rings is 1. The maximum atomic E-state index is 9.66. The highest BCUT2D eigenvalue weighted by Crippen LogP contribution is 2.35. The van der Waals surface area contributed by atoms with Gasteiger partial charge in [0.05, 0.1) is 16.8 Å². The van der Waals surface area contributed by atoms with Crippen molar-refractivity contribution < 1.29 is 0 Å². The fraction of sp³-hybridized carbons (Fsp3) is 0.350. The van der Waals surface area contributed by atoms with Gasteiger partial charge in [0.15, 0.2) is 0 Å². The Labute approximate surface area is 147 Å². The molecule has 1 atom stereocenters. The van der Waals surface area contributed by atoms with Crippen LogP contribution in [0.2, 0.25) is 0 Å². The zero-order valence-corrected chi connectivity index (χ0v) is 14.6. The molecule has 1 aliphatic heterocycles. The molecule has 3 aromatic rings. The quantitative estimate of drug-likeness (QED) is 0.775. The van der Waals surface area contributed by atoms with Crippen LogP contribution >= 0.6 is 0 Å². The minimum absolute atomic E-state index is 0.365. The first-order valence-electron chi connectivity index (χ1n) is 8.71. The van der Waals surface area contributed by atoms with Gasteiger partial charge in [-0.05, 0) is 38.3 Å². The van der Waals surface area contributed by atoms with E-state index in [0.29, 0.717) is 11.5 Å². The lowest BCUT2D eigenvalue weighted by molar-refractivity contribution is 0.495. The van der Waals surface area contributed by atoms with Crippen molar-refractivity contribution in [3.8, 4) is 6.07 Å². The number of hydrogen-bond acceptors (Lipinski definition) is 4. The number of aromatic amines is 1. The van der Waals surface area contributed by atoms with Crippen LogP contribution in [0.25, 0.3) is 10.9 Å². The molecule has 3 heterocycles. The Bertz CT molecular complexity index is 952. The molecule has 5 nitrogen and oxygen atoms in total. The van der Waals surface area contributed by atoms with Crippen molar-refractivity contribution in [1.29, 1.82) is 5.26 Å². The van der Waals surface area contributed by atoms with Gasteiger partial charge in [-0.15, -0.1) is 0 Å². The number of imidazole rings is 1. The maximum Gasteiger partial charge on any atom is 0.110 e. The molecule has 0 aliphatic carbocycles. The van der Waals surface area contributed by atoms with Gasteiger partial charge in [0.25, 0.3) is 0 Å². The van der Waals surface area contributed by atoms with Crippen LogP contribution in [0.3, 0.4) is 0 Å². The van der Waals surface area contributed by atoms with Crippen LogP contribution in [0.5, 0.6) is 0 Å². The molecular formula is C20H21N5. The predicted octanol–water partition coefficient (Wildman–Crippen LogP) is 3.83. The fourth-order valence-electron chi connectivity index (χ4n) is 3.97. The van der Waals surface area contributed by atoms with Crippen LogP contribution < -0.4 is 4.90 Å². The lowest BCUT2D eigenvalue weighted by atomic mass is 9.95. The van der Waals surface area contributed by atoms with Gasteiger partial charge in [-0.1, -0.05) is 11.6 Å². The van der Waals surface area contributed by atoms with E-state index in [9.17, 15) is 5.26 Å². The van der Waals surface area contributed by atoms with E-state index in [1.807, 2.05) is 12.4 Å². The van der Waals surface area contributed by atoms with Crippen LogP contribution in [0.15, 0.2) is 30.7 Å². The monoisotopic (exact) mass is 331 g/mol. The third-order valence-electron chi connectivity index (χ3n) is 5.04. The highest BCUT2D eigenvalue weighted by molar-refractivity contribution is 5.96. The molecule has 1 aliphatic rings. The molecular weight excluding hydrogens is 310 g/mol. The van der Waals surface area contributed by atoms with Crippen molar-refractivity contribution in [3.05, 3.63) is 53.2 Å². The average molecular weight is 331 g/mol. The van der Waals surface area contributed by atoms with Gasteiger partial charge in [0, 0.05) is 43.0 Å². The van der Waals surface area contributed by atoms with Gasteiger partial charge in [0.1, 0.15) is 11.9 Å².